The molecule has 1 N–H and O–H groups in total. The highest BCUT2D eigenvalue weighted by molar-refractivity contribution is 7.99. The predicted molar refractivity (Wildman–Crippen MR) is 84.0 cm³/mol. The molecule has 0 radical (unpaired) electrons. The molecule has 3 nitrogen and oxygen atoms in total. The van der Waals surface area contributed by atoms with Crippen molar-refractivity contribution in [3.05, 3.63) is 24.0 Å². The van der Waals surface area contributed by atoms with Gasteiger partial charge in [0, 0.05) is 23.2 Å². The van der Waals surface area contributed by atoms with E-state index in [1.807, 2.05) is 18.0 Å². The first-order valence-corrected chi connectivity index (χ1v) is 8.10. The summed E-state index contributed by atoms with van der Waals surface area (Å²) in [5, 5.41) is 4.30. The number of nitrogens with zero attached hydrogens (tertiary/aromatic N) is 1. The Morgan fingerprint density at radius 2 is 2.16 bits per heavy atom. The van der Waals surface area contributed by atoms with Crippen LogP contribution < -0.4 is 10.1 Å². The Morgan fingerprint density at radius 1 is 1.37 bits per heavy atom. The SMILES string of the molecule is CCCNC(CSC(C)CC)c1cncc(OC)c1. The molecule has 0 aliphatic carbocycles. The summed E-state index contributed by atoms with van der Waals surface area (Å²) >= 11 is 2.01. The van der Waals surface area contributed by atoms with Gasteiger partial charge in [0.1, 0.15) is 5.75 Å². The molecule has 1 aromatic rings. The Labute approximate surface area is 121 Å². The first kappa shape index (κ1) is 16.3. The predicted octanol–water partition coefficient (Wildman–Crippen LogP) is 3.66. The molecule has 0 aliphatic heterocycles. The van der Waals surface area contributed by atoms with Crippen molar-refractivity contribution >= 4 is 11.8 Å². The number of thioether (sulfide) groups is 1. The standard InChI is InChI=1S/C15H26N2OS/c1-5-7-17-15(11-19-12(3)6-2)13-8-14(18-4)10-16-9-13/h8-10,12,15,17H,5-7,11H2,1-4H3. The first-order valence-electron chi connectivity index (χ1n) is 7.05. The Balaban J connectivity index is 2.70. The highest BCUT2D eigenvalue weighted by Crippen LogP contribution is 2.24. The van der Waals surface area contributed by atoms with E-state index in [-0.39, 0.29) is 0 Å². The van der Waals surface area contributed by atoms with Gasteiger partial charge in [0.05, 0.1) is 13.3 Å². The number of ether oxygens (including phenoxy) is 1. The monoisotopic (exact) mass is 282 g/mol. The van der Waals surface area contributed by atoms with Crippen LogP contribution in [0.1, 0.15) is 45.2 Å². The minimum absolute atomic E-state index is 0.349. The van der Waals surface area contributed by atoms with Gasteiger partial charge in [0.15, 0.2) is 0 Å². The minimum atomic E-state index is 0.349. The van der Waals surface area contributed by atoms with Crippen LogP contribution in [0.2, 0.25) is 0 Å². The maximum atomic E-state index is 5.26. The van der Waals surface area contributed by atoms with Crippen LogP contribution in [0.4, 0.5) is 0 Å². The van der Waals surface area contributed by atoms with Gasteiger partial charge < -0.3 is 10.1 Å². The lowest BCUT2D eigenvalue weighted by atomic mass is 10.1. The molecule has 0 saturated carbocycles. The number of aromatic nitrogens is 1. The van der Waals surface area contributed by atoms with Crippen molar-refractivity contribution in [3.63, 3.8) is 0 Å². The molecule has 4 heteroatoms. The topological polar surface area (TPSA) is 34.2 Å². The molecule has 0 aliphatic rings. The van der Waals surface area contributed by atoms with Crippen LogP contribution in [0.15, 0.2) is 18.5 Å². The summed E-state index contributed by atoms with van der Waals surface area (Å²) in [6.07, 6.45) is 6.04. The van der Waals surface area contributed by atoms with Gasteiger partial charge in [-0.3, -0.25) is 4.98 Å². The summed E-state index contributed by atoms with van der Waals surface area (Å²) in [5.41, 5.74) is 1.21. The zero-order valence-electron chi connectivity index (χ0n) is 12.5. The molecule has 0 aromatic carbocycles. The number of nitrogens with one attached hydrogen (secondary N) is 1. The van der Waals surface area contributed by atoms with E-state index < -0.39 is 0 Å². The summed E-state index contributed by atoms with van der Waals surface area (Å²) in [7, 11) is 1.68. The molecule has 0 spiro atoms. The second kappa shape index (κ2) is 9.21. The normalized spacial score (nSPS) is 14.1. The van der Waals surface area contributed by atoms with E-state index in [1.165, 1.54) is 12.0 Å². The molecule has 0 amide bonds. The molecule has 108 valence electrons. The highest BCUT2D eigenvalue weighted by atomic mass is 32.2. The van der Waals surface area contributed by atoms with Crippen molar-refractivity contribution in [1.82, 2.24) is 10.3 Å². The zero-order chi connectivity index (χ0) is 14.1. The maximum absolute atomic E-state index is 5.26. The van der Waals surface area contributed by atoms with Gasteiger partial charge in [-0.15, -0.1) is 0 Å². The number of pyridine rings is 1. The Hall–Kier alpha value is -0.740. The lowest BCUT2D eigenvalue weighted by Gasteiger charge is -2.20. The average molecular weight is 282 g/mol. The second-order valence-electron chi connectivity index (χ2n) is 4.72. The number of methoxy groups -OCH3 is 1. The smallest absolute Gasteiger partial charge is 0.137 e. The molecule has 0 bridgehead atoms. The van der Waals surface area contributed by atoms with Crippen molar-refractivity contribution in [3.8, 4) is 5.75 Å². The highest BCUT2D eigenvalue weighted by Gasteiger charge is 2.13. The Kier molecular flexibility index (Phi) is 7.91. The van der Waals surface area contributed by atoms with Gasteiger partial charge in [0.2, 0.25) is 0 Å². The fraction of sp³-hybridized carbons (Fsp3) is 0.667. The van der Waals surface area contributed by atoms with Crippen LogP contribution in [-0.2, 0) is 0 Å². The third-order valence-electron chi connectivity index (χ3n) is 3.14. The van der Waals surface area contributed by atoms with Crippen molar-refractivity contribution in [2.75, 3.05) is 19.4 Å². The number of hydrogen-bond acceptors (Lipinski definition) is 4. The number of rotatable bonds is 9. The molecule has 1 heterocycles. The van der Waals surface area contributed by atoms with Gasteiger partial charge in [-0.2, -0.15) is 11.8 Å². The molecule has 1 rings (SSSR count). The lowest BCUT2D eigenvalue weighted by molar-refractivity contribution is 0.411. The average Bonchev–Trinajstić information content (AvgIpc) is 2.47. The quantitative estimate of drug-likeness (QED) is 0.749. The molecule has 2 unspecified atom stereocenters. The van der Waals surface area contributed by atoms with Crippen molar-refractivity contribution in [1.29, 1.82) is 0 Å². The van der Waals surface area contributed by atoms with Gasteiger partial charge in [-0.1, -0.05) is 20.8 Å². The fourth-order valence-corrected chi connectivity index (χ4v) is 2.77. The van der Waals surface area contributed by atoms with E-state index in [0.717, 1.165) is 24.5 Å². The molecular weight excluding hydrogens is 256 g/mol. The minimum Gasteiger partial charge on any atom is -0.495 e. The van der Waals surface area contributed by atoms with E-state index in [9.17, 15) is 0 Å². The summed E-state index contributed by atoms with van der Waals surface area (Å²) in [6.45, 7) is 7.74. The third-order valence-corrected chi connectivity index (χ3v) is 4.56. The number of hydrogen-bond donors (Lipinski definition) is 1. The Bertz CT molecular complexity index is 360. The van der Waals surface area contributed by atoms with Gasteiger partial charge in [0.25, 0.3) is 0 Å². The van der Waals surface area contributed by atoms with E-state index in [4.69, 9.17) is 4.74 Å². The molecule has 2 atom stereocenters. The zero-order valence-corrected chi connectivity index (χ0v) is 13.3. The van der Waals surface area contributed by atoms with E-state index in [2.05, 4.69) is 37.1 Å². The molecule has 0 saturated heterocycles. The van der Waals surface area contributed by atoms with E-state index in [1.54, 1.807) is 13.3 Å². The van der Waals surface area contributed by atoms with Crippen LogP contribution >= 0.6 is 11.8 Å². The first-order chi connectivity index (χ1) is 9.21. The van der Waals surface area contributed by atoms with Gasteiger partial charge in [-0.25, -0.2) is 0 Å². The molecule has 19 heavy (non-hydrogen) atoms. The summed E-state index contributed by atoms with van der Waals surface area (Å²) in [5.74, 6) is 1.90. The van der Waals surface area contributed by atoms with Crippen LogP contribution in [0.5, 0.6) is 5.75 Å². The van der Waals surface area contributed by atoms with Gasteiger partial charge >= 0.3 is 0 Å². The maximum Gasteiger partial charge on any atom is 0.137 e. The van der Waals surface area contributed by atoms with Crippen LogP contribution in [0.3, 0.4) is 0 Å². The Morgan fingerprint density at radius 3 is 2.79 bits per heavy atom. The van der Waals surface area contributed by atoms with Crippen LogP contribution in [0, 0.1) is 0 Å². The van der Waals surface area contributed by atoms with E-state index in [0.29, 0.717) is 11.3 Å². The van der Waals surface area contributed by atoms with Crippen molar-refractivity contribution in [2.45, 2.75) is 44.9 Å². The van der Waals surface area contributed by atoms with Crippen LogP contribution in [0.25, 0.3) is 0 Å². The molecular formula is C15H26N2OS. The van der Waals surface area contributed by atoms with Crippen LogP contribution in [-0.4, -0.2) is 29.6 Å². The summed E-state index contributed by atoms with van der Waals surface area (Å²) in [6, 6.07) is 2.43. The lowest BCUT2D eigenvalue weighted by Crippen LogP contribution is -2.25. The van der Waals surface area contributed by atoms with Crippen molar-refractivity contribution in [2.24, 2.45) is 0 Å². The summed E-state index contributed by atoms with van der Waals surface area (Å²) in [4.78, 5) is 4.26. The van der Waals surface area contributed by atoms with Gasteiger partial charge in [-0.05, 0) is 31.0 Å². The molecule has 0 fully saturated rings. The van der Waals surface area contributed by atoms with Crippen molar-refractivity contribution < 1.29 is 4.74 Å². The largest absolute Gasteiger partial charge is 0.495 e. The third kappa shape index (κ3) is 5.83. The molecule has 1 aromatic heterocycles. The van der Waals surface area contributed by atoms with E-state index >= 15 is 0 Å². The fourth-order valence-electron chi connectivity index (χ4n) is 1.71. The second-order valence-corrected chi connectivity index (χ2v) is 6.19. The summed E-state index contributed by atoms with van der Waals surface area (Å²) < 4.78 is 5.26.